The molecule has 0 saturated carbocycles. The van der Waals surface area contributed by atoms with E-state index in [9.17, 15) is 18.0 Å². The molecule has 4 rings (SSSR count). The lowest BCUT2D eigenvalue weighted by Crippen LogP contribution is -2.30. The second kappa shape index (κ2) is 7.14. The van der Waals surface area contributed by atoms with E-state index in [2.05, 4.69) is 20.3 Å². The van der Waals surface area contributed by atoms with E-state index in [1.807, 2.05) is 0 Å². The van der Waals surface area contributed by atoms with Gasteiger partial charge < -0.3 is 10.1 Å². The number of rotatable bonds is 3. The average Bonchev–Trinajstić information content (AvgIpc) is 2.93. The first-order valence-electron chi connectivity index (χ1n) is 9.08. The number of aryl methyl sites for hydroxylation is 2. The van der Waals surface area contributed by atoms with Crippen molar-refractivity contribution in [1.82, 2.24) is 24.1 Å². The van der Waals surface area contributed by atoms with Crippen LogP contribution in [0.15, 0.2) is 23.3 Å². The minimum Gasteiger partial charge on any atom is -0.381 e. The highest BCUT2D eigenvalue weighted by atomic mass is 19.4. The van der Waals surface area contributed by atoms with Crippen molar-refractivity contribution < 1.29 is 17.9 Å². The molecule has 29 heavy (non-hydrogen) atoms. The summed E-state index contributed by atoms with van der Waals surface area (Å²) in [5.41, 5.74) is 0.604. The molecular formula is C18H19F3N6O2. The predicted octanol–water partition coefficient (Wildman–Crippen LogP) is 2.95. The minimum absolute atomic E-state index is 0.0304. The van der Waals surface area contributed by atoms with Gasteiger partial charge in [-0.05, 0) is 31.4 Å². The molecule has 1 N–H and O–H groups in total. The molecule has 3 aromatic heterocycles. The fraction of sp³-hybridized carbons (Fsp3) is 0.444. The first-order valence-corrected chi connectivity index (χ1v) is 9.08. The van der Waals surface area contributed by atoms with E-state index in [-0.39, 0.29) is 17.7 Å². The summed E-state index contributed by atoms with van der Waals surface area (Å²) in [4.78, 5) is 24.9. The van der Waals surface area contributed by atoms with Gasteiger partial charge in [-0.25, -0.2) is 14.8 Å². The predicted molar refractivity (Wildman–Crippen MR) is 99.1 cm³/mol. The zero-order valence-electron chi connectivity index (χ0n) is 15.8. The number of alkyl halides is 3. The van der Waals surface area contributed by atoms with E-state index in [1.54, 1.807) is 11.6 Å². The van der Waals surface area contributed by atoms with Crippen molar-refractivity contribution in [3.8, 4) is 0 Å². The normalized spacial score (nSPS) is 15.8. The van der Waals surface area contributed by atoms with Gasteiger partial charge in [0.15, 0.2) is 5.65 Å². The maximum atomic E-state index is 12.8. The number of nitrogens with one attached hydrogen (secondary N) is 1. The Labute approximate surface area is 163 Å². The van der Waals surface area contributed by atoms with Gasteiger partial charge in [0.1, 0.15) is 11.2 Å². The number of hydrogen-bond acceptors (Lipinski definition) is 6. The first-order chi connectivity index (χ1) is 13.8. The summed E-state index contributed by atoms with van der Waals surface area (Å²) in [6.07, 6.45) is -0.485. The lowest BCUT2D eigenvalue weighted by atomic mass is 10.1. The fourth-order valence-corrected chi connectivity index (χ4v) is 3.43. The number of imidazole rings is 1. The topological polar surface area (TPSA) is 86.9 Å². The van der Waals surface area contributed by atoms with E-state index >= 15 is 0 Å². The Kier molecular flexibility index (Phi) is 4.77. The number of halogens is 3. The Hall–Kier alpha value is -2.95. The summed E-state index contributed by atoms with van der Waals surface area (Å²) in [5, 5.41) is 2.90. The highest BCUT2D eigenvalue weighted by Crippen LogP contribution is 2.30. The minimum atomic E-state index is -4.51. The molecule has 0 unspecified atom stereocenters. The molecule has 0 atom stereocenters. The van der Waals surface area contributed by atoms with Gasteiger partial charge in [-0.15, -0.1) is 0 Å². The molecule has 0 bridgehead atoms. The van der Waals surface area contributed by atoms with Crippen LogP contribution < -0.4 is 11.0 Å². The lowest BCUT2D eigenvalue weighted by Gasteiger charge is -2.22. The van der Waals surface area contributed by atoms with Gasteiger partial charge in [-0.2, -0.15) is 18.2 Å². The van der Waals surface area contributed by atoms with Gasteiger partial charge in [-0.1, -0.05) is 0 Å². The van der Waals surface area contributed by atoms with E-state index in [1.165, 1.54) is 17.7 Å². The average molecular weight is 408 g/mol. The maximum absolute atomic E-state index is 12.8. The zero-order valence-corrected chi connectivity index (χ0v) is 15.8. The van der Waals surface area contributed by atoms with E-state index in [4.69, 9.17) is 4.74 Å². The van der Waals surface area contributed by atoms with E-state index in [0.29, 0.717) is 48.5 Å². The van der Waals surface area contributed by atoms with Crippen LogP contribution in [-0.2, 0) is 18.0 Å². The summed E-state index contributed by atoms with van der Waals surface area (Å²) in [6, 6.07) is 0.929. The van der Waals surface area contributed by atoms with Crippen molar-refractivity contribution in [3.05, 3.63) is 40.2 Å². The molecule has 0 amide bonds. The molecule has 1 saturated heterocycles. The molecule has 0 aliphatic carbocycles. The molecule has 1 aliphatic rings. The van der Waals surface area contributed by atoms with Gasteiger partial charge in [-0.3, -0.25) is 9.13 Å². The number of pyridine rings is 1. The van der Waals surface area contributed by atoms with Crippen LogP contribution in [0.3, 0.4) is 0 Å². The van der Waals surface area contributed by atoms with Crippen LogP contribution in [0.25, 0.3) is 11.2 Å². The Balaban J connectivity index is 1.71. The summed E-state index contributed by atoms with van der Waals surface area (Å²) in [6.45, 7) is 2.68. The largest absolute Gasteiger partial charge is 0.433 e. The van der Waals surface area contributed by atoms with Crippen LogP contribution in [0.4, 0.5) is 24.8 Å². The lowest BCUT2D eigenvalue weighted by molar-refractivity contribution is -0.141. The fourth-order valence-electron chi connectivity index (χ4n) is 3.43. The number of anilines is 2. The van der Waals surface area contributed by atoms with E-state index in [0.717, 1.165) is 12.3 Å². The highest BCUT2D eigenvalue weighted by molar-refractivity contribution is 5.73. The third kappa shape index (κ3) is 3.57. The summed E-state index contributed by atoms with van der Waals surface area (Å²) < 4.78 is 46.9. The van der Waals surface area contributed by atoms with Gasteiger partial charge in [0.2, 0.25) is 5.95 Å². The van der Waals surface area contributed by atoms with Crippen LogP contribution in [0.1, 0.15) is 30.1 Å². The molecule has 0 aromatic carbocycles. The number of nitrogens with zero attached hydrogens (tertiary/aromatic N) is 5. The quantitative estimate of drug-likeness (QED) is 0.717. The van der Waals surface area contributed by atoms with Crippen LogP contribution >= 0.6 is 0 Å². The monoisotopic (exact) mass is 408 g/mol. The molecule has 1 aliphatic heterocycles. The molecule has 8 nitrogen and oxygen atoms in total. The Morgan fingerprint density at radius 1 is 1.21 bits per heavy atom. The highest BCUT2D eigenvalue weighted by Gasteiger charge is 2.32. The molecule has 0 radical (unpaired) electrons. The van der Waals surface area contributed by atoms with Gasteiger partial charge in [0.25, 0.3) is 0 Å². The third-order valence-corrected chi connectivity index (χ3v) is 5.04. The van der Waals surface area contributed by atoms with Gasteiger partial charge >= 0.3 is 11.9 Å². The number of aromatic nitrogens is 5. The molecule has 154 valence electrons. The van der Waals surface area contributed by atoms with Crippen LogP contribution in [-0.4, -0.2) is 37.3 Å². The second-order valence-corrected chi connectivity index (χ2v) is 6.96. The van der Waals surface area contributed by atoms with Crippen LogP contribution in [0, 0.1) is 6.92 Å². The van der Waals surface area contributed by atoms with E-state index < -0.39 is 11.9 Å². The molecule has 1 fully saturated rings. The summed E-state index contributed by atoms with van der Waals surface area (Å²) >= 11 is 0. The van der Waals surface area contributed by atoms with Crippen LogP contribution in [0.2, 0.25) is 0 Å². The standard InChI is InChI=1S/C18H19F3N6O2/c1-10-7-14(18(19,20)21)22-8-12(10)24-16-23-9-13-15(25-16)27(17(28)26(13)2)11-3-5-29-6-4-11/h7-9,11H,3-6H2,1-2H3,(H,23,24,25). The number of fused-ring (bicyclic) bond motifs is 1. The maximum Gasteiger partial charge on any atom is 0.433 e. The molecular weight excluding hydrogens is 389 g/mol. The first kappa shape index (κ1) is 19.4. The van der Waals surface area contributed by atoms with Crippen molar-refractivity contribution >= 4 is 22.8 Å². The number of hydrogen-bond donors (Lipinski definition) is 1. The Morgan fingerprint density at radius 3 is 2.59 bits per heavy atom. The number of ether oxygens (including phenoxy) is 1. The summed E-state index contributed by atoms with van der Waals surface area (Å²) in [7, 11) is 1.65. The molecule has 11 heteroatoms. The van der Waals surface area contributed by atoms with Gasteiger partial charge in [0, 0.05) is 26.3 Å². The summed E-state index contributed by atoms with van der Waals surface area (Å²) in [5.74, 6) is 0.175. The second-order valence-electron chi connectivity index (χ2n) is 6.96. The molecule has 4 heterocycles. The molecule has 0 spiro atoms. The van der Waals surface area contributed by atoms with Crippen molar-refractivity contribution in [1.29, 1.82) is 0 Å². The van der Waals surface area contributed by atoms with Crippen molar-refractivity contribution in [2.24, 2.45) is 7.05 Å². The Bertz CT molecular complexity index is 1120. The van der Waals surface area contributed by atoms with Crippen molar-refractivity contribution in [3.63, 3.8) is 0 Å². The zero-order chi connectivity index (χ0) is 20.8. The molecule has 3 aromatic rings. The van der Waals surface area contributed by atoms with Crippen molar-refractivity contribution in [2.75, 3.05) is 18.5 Å². The Morgan fingerprint density at radius 2 is 1.93 bits per heavy atom. The van der Waals surface area contributed by atoms with Crippen LogP contribution in [0.5, 0.6) is 0 Å². The SMILES string of the molecule is Cc1cc(C(F)(F)F)ncc1Nc1ncc2c(n1)n(C1CCOCC1)c(=O)n2C. The van der Waals surface area contributed by atoms with Crippen molar-refractivity contribution in [2.45, 2.75) is 32.0 Å². The van der Waals surface area contributed by atoms with Gasteiger partial charge in [0.05, 0.1) is 18.1 Å². The smallest absolute Gasteiger partial charge is 0.381 e. The third-order valence-electron chi connectivity index (χ3n) is 5.04.